The van der Waals surface area contributed by atoms with E-state index in [0.717, 1.165) is 23.4 Å². The lowest BCUT2D eigenvalue weighted by molar-refractivity contribution is -0.137. The van der Waals surface area contributed by atoms with Crippen LogP contribution in [-0.4, -0.2) is 39.5 Å². The van der Waals surface area contributed by atoms with Gasteiger partial charge in [-0.15, -0.1) is 11.3 Å². The second kappa shape index (κ2) is 6.91. The molecule has 7 heteroatoms. The molecule has 1 amide bonds. The summed E-state index contributed by atoms with van der Waals surface area (Å²) in [5.41, 5.74) is 1.59. The maximum Gasteiger partial charge on any atom is 0.305 e. The predicted octanol–water partition coefficient (Wildman–Crippen LogP) is 3.85. The van der Waals surface area contributed by atoms with Gasteiger partial charge in [-0.1, -0.05) is 23.7 Å². The summed E-state index contributed by atoms with van der Waals surface area (Å²) in [7, 11) is 0. The standard InChI is InChI=1S/C17H17ClN2O3S/c1-10-15(17(23)20-8-2-3-13(20)9-14(21)22)24-16(19-10)11-4-6-12(18)7-5-11/h4-7,13H,2-3,8-9H2,1H3,(H,21,22). The SMILES string of the molecule is Cc1nc(-c2ccc(Cl)cc2)sc1C(=O)N1CCCC1CC(=O)O. The molecule has 1 atom stereocenters. The van der Waals surface area contributed by atoms with Crippen molar-refractivity contribution in [3.63, 3.8) is 0 Å². The highest BCUT2D eigenvalue weighted by atomic mass is 35.5. The summed E-state index contributed by atoms with van der Waals surface area (Å²) in [4.78, 5) is 30.6. The molecule has 3 rings (SSSR count). The Morgan fingerprint density at radius 1 is 1.38 bits per heavy atom. The van der Waals surface area contributed by atoms with Crippen LogP contribution in [0.4, 0.5) is 0 Å². The van der Waals surface area contributed by atoms with Crippen LogP contribution in [0.2, 0.25) is 5.02 Å². The number of thiazole rings is 1. The van der Waals surface area contributed by atoms with Gasteiger partial charge in [0.25, 0.3) is 5.91 Å². The predicted molar refractivity (Wildman–Crippen MR) is 93.6 cm³/mol. The van der Waals surface area contributed by atoms with Gasteiger partial charge in [0.2, 0.25) is 0 Å². The Morgan fingerprint density at radius 2 is 2.08 bits per heavy atom. The molecule has 0 radical (unpaired) electrons. The van der Waals surface area contributed by atoms with Crippen molar-refractivity contribution in [1.29, 1.82) is 0 Å². The van der Waals surface area contributed by atoms with Crippen LogP contribution >= 0.6 is 22.9 Å². The van der Waals surface area contributed by atoms with Gasteiger partial charge in [0.15, 0.2) is 0 Å². The molecule has 2 aromatic rings. The number of nitrogens with zero attached hydrogens (tertiary/aromatic N) is 2. The maximum absolute atomic E-state index is 12.8. The minimum Gasteiger partial charge on any atom is -0.481 e. The number of halogens is 1. The Balaban J connectivity index is 1.85. The van der Waals surface area contributed by atoms with E-state index in [1.807, 2.05) is 19.1 Å². The molecule has 1 aliphatic heterocycles. The van der Waals surface area contributed by atoms with E-state index in [1.54, 1.807) is 17.0 Å². The van der Waals surface area contributed by atoms with Crippen LogP contribution in [0.5, 0.6) is 0 Å². The number of aliphatic carboxylic acids is 1. The fourth-order valence-corrected chi connectivity index (χ4v) is 4.11. The van der Waals surface area contributed by atoms with Crippen LogP contribution in [0.1, 0.15) is 34.6 Å². The third kappa shape index (κ3) is 3.44. The van der Waals surface area contributed by atoms with Crippen LogP contribution in [0.25, 0.3) is 10.6 Å². The Hall–Kier alpha value is -1.92. The molecule has 126 valence electrons. The van der Waals surface area contributed by atoms with Gasteiger partial charge < -0.3 is 10.0 Å². The summed E-state index contributed by atoms with van der Waals surface area (Å²) in [5.74, 6) is -0.989. The number of carbonyl (C=O) groups is 2. The molecule has 0 bridgehead atoms. The van der Waals surface area contributed by atoms with Crippen LogP contribution in [0.15, 0.2) is 24.3 Å². The zero-order chi connectivity index (χ0) is 17.3. The summed E-state index contributed by atoms with van der Waals surface area (Å²) in [6, 6.07) is 7.10. The number of carboxylic acid groups (broad SMARTS) is 1. The quantitative estimate of drug-likeness (QED) is 0.894. The van der Waals surface area contributed by atoms with Gasteiger partial charge in [-0.2, -0.15) is 0 Å². The smallest absolute Gasteiger partial charge is 0.305 e. The number of aryl methyl sites for hydroxylation is 1. The molecular formula is C17H17ClN2O3S. The Bertz CT molecular complexity index is 773. The van der Waals surface area contributed by atoms with E-state index in [9.17, 15) is 9.59 Å². The van der Waals surface area contributed by atoms with E-state index < -0.39 is 5.97 Å². The average molecular weight is 365 g/mol. The molecule has 1 fully saturated rings. The van der Waals surface area contributed by atoms with Crippen LogP contribution < -0.4 is 0 Å². The highest BCUT2D eigenvalue weighted by molar-refractivity contribution is 7.17. The normalized spacial score (nSPS) is 17.2. The van der Waals surface area contributed by atoms with Crippen LogP contribution in [-0.2, 0) is 4.79 Å². The average Bonchev–Trinajstić information content (AvgIpc) is 3.13. The van der Waals surface area contributed by atoms with Crippen LogP contribution in [0.3, 0.4) is 0 Å². The first-order chi connectivity index (χ1) is 11.5. The summed E-state index contributed by atoms with van der Waals surface area (Å²) in [6.07, 6.45) is 1.57. The highest BCUT2D eigenvalue weighted by Gasteiger charge is 2.32. The molecule has 1 aromatic heterocycles. The fraction of sp³-hybridized carbons (Fsp3) is 0.353. The molecule has 1 aliphatic rings. The first-order valence-electron chi connectivity index (χ1n) is 7.72. The lowest BCUT2D eigenvalue weighted by Crippen LogP contribution is -2.36. The summed E-state index contributed by atoms with van der Waals surface area (Å²) >= 11 is 7.25. The third-order valence-corrected chi connectivity index (χ3v) is 5.58. The summed E-state index contributed by atoms with van der Waals surface area (Å²) in [5, 5.41) is 10.4. The molecule has 0 aliphatic carbocycles. The van der Waals surface area contributed by atoms with Gasteiger partial charge in [-0.25, -0.2) is 4.98 Å². The van der Waals surface area contributed by atoms with Crippen molar-refractivity contribution in [1.82, 2.24) is 9.88 Å². The van der Waals surface area contributed by atoms with Crippen molar-refractivity contribution in [2.75, 3.05) is 6.54 Å². The second-order valence-electron chi connectivity index (χ2n) is 5.83. The zero-order valence-electron chi connectivity index (χ0n) is 13.2. The van der Waals surface area contributed by atoms with Gasteiger partial charge in [-0.3, -0.25) is 9.59 Å². The molecule has 1 unspecified atom stereocenters. The molecule has 0 saturated carbocycles. The number of amides is 1. The Morgan fingerprint density at radius 3 is 2.75 bits per heavy atom. The molecule has 2 heterocycles. The van der Waals surface area contributed by atoms with Crippen molar-refractivity contribution in [3.8, 4) is 10.6 Å². The van der Waals surface area contributed by atoms with Gasteiger partial charge in [0.05, 0.1) is 12.1 Å². The van der Waals surface area contributed by atoms with E-state index in [2.05, 4.69) is 4.98 Å². The van der Waals surface area contributed by atoms with Crippen molar-refractivity contribution < 1.29 is 14.7 Å². The molecule has 0 spiro atoms. The van der Waals surface area contributed by atoms with Gasteiger partial charge in [0, 0.05) is 23.2 Å². The third-order valence-electron chi connectivity index (χ3n) is 4.13. The van der Waals surface area contributed by atoms with E-state index in [-0.39, 0.29) is 18.4 Å². The molecule has 24 heavy (non-hydrogen) atoms. The molecule has 1 aromatic carbocycles. The first-order valence-corrected chi connectivity index (χ1v) is 8.91. The van der Waals surface area contributed by atoms with Gasteiger partial charge in [-0.05, 0) is 31.9 Å². The van der Waals surface area contributed by atoms with Crippen molar-refractivity contribution in [3.05, 3.63) is 39.9 Å². The largest absolute Gasteiger partial charge is 0.481 e. The number of likely N-dealkylation sites (tertiary alicyclic amines) is 1. The summed E-state index contributed by atoms with van der Waals surface area (Å²) in [6.45, 7) is 2.41. The number of rotatable bonds is 4. The van der Waals surface area contributed by atoms with Crippen molar-refractivity contribution in [2.24, 2.45) is 0 Å². The zero-order valence-corrected chi connectivity index (χ0v) is 14.7. The minimum absolute atomic E-state index is 0.00632. The minimum atomic E-state index is -0.873. The van der Waals surface area contributed by atoms with Crippen molar-refractivity contribution >= 4 is 34.8 Å². The van der Waals surface area contributed by atoms with Gasteiger partial charge >= 0.3 is 5.97 Å². The highest BCUT2D eigenvalue weighted by Crippen LogP contribution is 2.31. The Kier molecular flexibility index (Phi) is 4.87. The van der Waals surface area contributed by atoms with Crippen LogP contribution in [0, 0.1) is 6.92 Å². The Labute approximate surface area is 148 Å². The monoisotopic (exact) mass is 364 g/mol. The molecule has 1 N–H and O–H groups in total. The molecule has 1 saturated heterocycles. The lowest BCUT2D eigenvalue weighted by Gasteiger charge is -2.22. The van der Waals surface area contributed by atoms with E-state index in [1.165, 1.54) is 11.3 Å². The van der Waals surface area contributed by atoms with E-state index >= 15 is 0 Å². The number of hydrogen-bond acceptors (Lipinski definition) is 4. The maximum atomic E-state index is 12.8. The number of benzene rings is 1. The molecular weight excluding hydrogens is 348 g/mol. The lowest BCUT2D eigenvalue weighted by atomic mass is 10.1. The van der Waals surface area contributed by atoms with Crippen molar-refractivity contribution in [2.45, 2.75) is 32.2 Å². The number of carbonyl (C=O) groups excluding carboxylic acids is 1. The van der Waals surface area contributed by atoms with Gasteiger partial charge in [0.1, 0.15) is 9.88 Å². The first kappa shape index (κ1) is 16.9. The second-order valence-corrected chi connectivity index (χ2v) is 7.27. The number of carboxylic acids is 1. The number of hydrogen-bond donors (Lipinski definition) is 1. The molecule has 5 nitrogen and oxygen atoms in total. The van der Waals surface area contributed by atoms with E-state index in [0.29, 0.717) is 22.1 Å². The summed E-state index contributed by atoms with van der Waals surface area (Å²) < 4.78 is 0. The fourth-order valence-electron chi connectivity index (χ4n) is 2.96. The van der Waals surface area contributed by atoms with E-state index in [4.69, 9.17) is 16.7 Å². The topological polar surface area (TPSA) is 70.5 Å². The number of aromatic nitrogens is 1.